The average molecular weight is 217 g/mol. The lowest BCUT2D eigenvalue weighted by Crippen LogP contribution is -2.31. The summed E-state index contributed by atoms with van der Waals surface area (Å²) >= 11 is 2.08. The van der Waals surface area contributed by atoms with Crippen molar-refractivity contribution in [2.75, 3.05) is 12.3 Å². The van der Waals surface area contributed by atoms with Gasteiger partial charge in [0.2, 0.25) is 0 Å². The molecule has 1 nitrogen and oxygen atoms in total. The summed E-state index contributed by atoms with van der Waals surface area (Å²) in [4.78, 5) is 0. The molecule has 0 rings (SSSR count). The van der Waals surface area contributed by atoms with Crippen molar-refractivity contribution < 1.29 is 0 Å². The molecular formula is C12H27NS. The minimum atomic E-state index is 0.682. The first-order chi connectivity index (χ1) is 6.56. The van der Waals surface area contributed by atoms with Gasteiger partial charge < -0.3 is 5.32 Å². The molecule has 0 aromatic carbocycles. The average Bonchev–Trinajstić information content (AvgIpc) is 2.12. The van der Waals surface area contributed by atoms with Gasteiger partial charge in [-0.05, 0) is 25.0 Å². The molecule has 0 fully saturated rings. The fourth-order valence-corrected chi connectivity index (χ4v) is 2.25. The van der Waals surface area contributed by atoms with Crippen LogP contribution >= 0.6 is 11.8 Å². The van der Waals surface area contributed by atoms with Crippen LogP contribution in [-0.4, -0.2) is 23.6 Å². The molecule has 14 heavy (non-hydrogen) atoms. The van der Waals surface area contributed by atoms with Crippen molar-refractivity contribution in [2.45, 2.75) is 58.8 Å². The third-order valence-corrected chi connectivity index (χ3v) is 3.78. The van der Waals surface area contributed by atoms with E-state index >= 15 is 0 Å². The second-order valence-corrected chi connectivity index (χ2v) is 6.11. The molecule has 0 aromatic heterocycles. The molecule has 0 aliphatic carbocycles. The molecule has 0 radical (unpaired) electrons. The van der Waals surface area contributed by atoms with Crippen LogP contribution in [0.1, 0.15) is 47.5 Å². The maximum Gasteiger partial charge on any atom is 0.0144 e. The van der Waals surface area contributed by atoms with E-state index in [9.17, 15) is 0 Å². The van der Waals surface area contributed by atoms with Crippen LogP contribution in [0.2, 0.25) is 0 Å². The zero-order chi connectivity index (χ0) is 11.0. The maximum absolute atomic E-state index is 3.59. The fourth-order valence-electron chi connectivity index (χ4n) is 1.32. The second-order valence-electron chi connectivity index (χ2n) is 4.64. The SMILES string of the molecule is CCCC(C)NCC(C)SCC(C)C. The van der Waals surface area contributed by atoms with Crippen molar-refractivity contribution in [3.63, 3.8) is 0 Å². The first-order valence-electron chi connectivity index (χ1n) is 5.91. The van der Waals surface area contributed by atoms with Crippen molar-refractivity contribution in [1.82, 2.24) is 5.32 Å². The molecule has 0 saturated heterocycles. The summed E-state index contributed by atoms with van der Waals surface area (Å²) in [6.45, 7) is 12.6. The van der Waals surface area contributed by atoms with Crippen LogP contribution in [0.15, 0.2) is 0 Å². The van der Waals surface area contributed by atoms with E-state index in [2.05, 4.69) is 51.7 Å². The van der Waals surface area contributed by atoms with Crippen LogP contribution in [0.5, 0.6) is 0 Å². The van der Waals surface area contributed by atoms with Crippen LogP contribution in [0, 0.1) is 5.92 Å². The molecule has 0 aromatic rings. The Morgan fingerprint density at radius 2 is 1.79 bits per heavy atom. The van der Waals surface area contributed by atoms with E-state index < -0.39 is 0 Å². The fraction of sp³-hybridized carbons (Fsp3) is 1.00. The van der Waals surface area contributed by atoms with Gasteiger partial charge in [-0.2, -0.15) is 11.8 Å². The van der Waals surface area contributed by atoms with E-state index in [0.29, 0.717) is 6.04 Å². The maximum atomic E-state index is 3.59. The predicted molar refractivity (Wildman–Crippen MR) is 69.1 cm³/mol. The predicted octanol–water partition coefficient (Wildman–Crippen LogP) is 3.54. The van der Waals surface area contributed by atoms with Crippen molar-refractivity contribution in [3.05, 3.63) is 0 Å². The summed E-state index contributed by atoms with van der Waals surface area (Å²) in [5, 5.41) is 4.33. The highest BCUT2D eigenvalue weighted by atomic mass is 32.2. The van der Waals surface area contributed by atoms with Gasteiger partial charge in [0.25, 0.3) is 0 Å². The van der Waals surface area contributed by atoms with Crippen LogP contribution in [-0.2, 0) is 0 Å². The third-order valence-electron chi connectivity index (χ3n) is 2.19. The molecule has 86 valence electrons. The molecule has 2 heteroatoms. The molecule has 0 saturated carbocycles. The topological polar surface area (TPSA) is 12.0 Å². The lowest BCUT2D eigenvalue weighted by atomic mass is 10.2. The highest BCUT2D eigenvalue weighted by Crippen LogP contribution is 2.13. The van der Waals surface area contributed by atoms with Crippen LogP contribution in [0.25, 0.3) is 0 Å². The van der Waals surface area contributed by atoms with Gasteiger partial charge in [0.15, 0.2) is 0 Å². The summed E-state index contributed by atoms with van der Waals surface area (Å²) in [5.41, 5.74) is 0. The van der Waals surface area contributed by atoms with E-state index in [-0.39, 0.29) is 0 Å². The van der Waals surface area contributed by atoms with Crippen molar-refractivity contribution in [3.8, 4) is 0 Å². The summed E-state index contributed by atoms with van der Waals surface area (Å²) in [6.07, 6.45) is 2.57. The molecule has 0 aliphatic heterocycles. The summed E-state index contributed by atoms with van der Waals surface area (Å²) < 4.78 is 0. The van der Waals surface area contributed by atoms with Gasteiger partial charge in [-0.3, -0.25) is 0 Å². The zero-order valence-corrected chi connectivity index (χ0v) is 11.3. The Hall–Kier alpha value is 0.310. The molecule has 2 unspecified atom stereocenters. The monoisotopic (exact) mass is 217 g/mol. The van der Waals surface area contributed by atoms with Crippen LogP contribution in [0.3, 0.4) is 0 Å². The summed E-state index contributed by atoms with van der Waals surface area (Å²) in [5.74, 6) is 2.10. The van der Waals surface area contributed by atoms with E-state index in [4.69, 9.17) is 0 Å². The molecule has 0 aliphatic rings. The minimum Gasteiger partial charge on any atom is -0.313 e. The van der Waals surface area contributed by atoms with Gasteiger partial charge in [-0.1, -0.05) is 34.1 Å². The molecule has 2 atom stereocenters. The molecular weight excluding hydrogens is 190 g/mol. The Morgan fingerprint density at radius 3 is 2.29 bits per heavy atom. The number of hydrogen-bond acceptors (Lipinski definition) is 2. The van der Waals surface area contributed by atoms with Crippen molar-refractivity contribution in [2.24, 2.45) is 5.92 Å². The van der Waals surface area contributed by atoms with E-state index in [1.807, 2.05) is 0 Å². The van der Waals surface area contributed by atoms with E-state index in [1.54, 1.807) is 0 Å². The van der Waals surface area contributed by atoms with E-state index in [0.717, 1.165) is 17.7 Å². The molecule has 0 heterocycles. The molecule has 1 N–H and O–H groups in total. The highest BCUT2D eigenvalue weighted by molar-refractivity contribution is 7.99. The number of nitrogens with one attached hydrogen (secondary N) is 1. The van der Waals surface area contributed by atoms with Crippen LogP contribution < -0.4 is 5.32 Å². The van der Waals surface area contributed by atoms with Crippen molar-refractivity contribution in [1.29, 1.82) is 0 Å². The quantitative estimate of drug-likeness (QED) is 0.667. The first kappa shape index (κ1) is 14.3. The Balaban J connectivity index is 3.38. The van der Waals surface area contributed by atoms with E-state index in [1.165, 1.54) is 18.6 Å². The smallest absolute Gasteiger partial charge is 0.0144 e. The Kier molecular flexibility index (Phi) is 8.80. The number of rotatable bonds is 8. The van der Waals surface area contributed by atoms with Gasteiger partial charge in [-0.25, -0.2) is 0 Å². The third kappa shape index (κ3) is 8.89. The van der Waals surface area contributed by atoms with Crippen LogP contribution in [0.4, 0.5) is 0 Å². The Morgan fingerprint density at radius 1 is 1.14 bits per heavy atom. The van der Waals surface area contributed by atoms with Gasteiger partial charge in [0, 0.05) is 17.8 Å². The minimum absolute atomic E-state index is 0.682. The van der Waals surface area contributed by atoms with Gasteiger partial charge in [0.05, 0.1) is 0 Å². The second kappa shape index (κ2) is 8.60. The lowest BCUT2D eigenvalue weighted by molar-refractivity contribution is 0.511. The molecule has 0 bridgehead atoms. The normalized spacial score (nSPS) is 15.9. The van der Waals surface area contributed by atoms with Gasteiger partial charge in [-0.15, -0.1) is 0 Å². The number of hydrogen-bond donors (Lipinski definition) is 1. The number of thioether (sulfide) groups is 1. The Bertz CT molecular complexity index is 125. The molecule has 0 spiro atoms. The lowest BCUT2D eigenvalue weighted by Gasteiger charge is -2.17. The summed E-state index contributed by atoms with van der Waals surface area (Å²) in [7, 11) is 0. The zero-order valence-electron chi connectivity index (χ0n) is 10.5. The first-order valence-corrected chi connectivity index (χ1v) is 6.96. The highest BCUT2D eigenvalue weighted by Gasteiger charge is 2.06. The molecule has 0 amide bonds. The van der Waals surface area contributed by atoms with Crippen molar-refractivity contribution >= 4 is 11.8 Å². The Labute approximate surface area is 94.4 Å². The summed E-state index contributed by atoms with van der Waals surface area (Å²) in [6, 6.07) is 0.682. The van der Waals surface area contributed by atoms with Gasteiger partial charge in [0.1, 0.15) is 0 Å². The van der Waals surface area contributed by atoms with Gasteiger partial charge >= 0.3 is 0 Å². The largest absolute Gasteiger partial charge is 0.313 e. The standard InChI is InChI=1S/C12H27NS/c1-6-7-11(4)13-8-12(5)14-9-10(2)3/h10-13H,6-9H2,1-5H3.